The number of nitrogens with one attached hydrogen (secondary N) is 1. The second kappa shape index (κ2) is 5.44. The molecule has 0 radical (unpaired) electrons. The number of hydrogen-bond donors (Lipinski definition) is 1. The zero-order valence-corrected chi connectivity index (χ0v) is 13.9. The van der Waals surface area contributed by atoms with Gasteiger partial charge in [0.05, 0.1) is 17.7 Å². The summed E-state index contributed by atoms with van der Waals surface area (Å²) >= 11 is 4.64. The molecule has 1 atom stereocenters. The van der Waals surface area contributed by atoms with Gasteiger partial charge in [-0.25, -0.2) is 14.2 Å². The monoisotopic (exact) mass is 383 g/mol. The lowest BCUT2D eigenvalue weighted by Gasteiger charge is -2.23. The molecule has 22 heavy (non-hydrogen) atoms. The largest absolute Gasteiger partial charge is 0.325 e. The van der Waals surface area contributed by atoms with E-state index in [-0.39, 0.29) is 6.54 Å². The minimum Gasteiger partial charge on any atom is -0.319 e. The van der Waals surface area contributed by atoms with E-state index in [1.807, 2.05) is 0 Å². The van der Waals surface area contributed by atoms with Crippen LogP contribution in [0.1, 0.15) is 18.2 Å². The Kier molecular flexibility index (Phi) is 3.73. The van der Waals surface area contributed by atoms with Crippen LogP contribution < -0.4 is 5.32 Å². The molecular formula is C14H11BrFN3O2S. The Bertz CT molecular complexity index is 753. The summed E-state index contributed by atoms with van der Waals surface area (Å²) < 4.78 is 13.7. The second-order valence-electron chi connectivity index (χ2n) is 5.05. The molecule has 0 aliphatic carbocycles. The normalized spacial score (nSPS) is 21.3. The fraction of sp³-hybridized carbons (Fsp3) is 0.214. The number of carbonyl (C=O) groups excluding carboxylic acids is 2. The molecule has 0 unspecified atom stereocenters. The van der Waals surface area contributed by atoms with Gasteiger partial charge < -0.3 is 5.32 Å². The van der Waals surface area contributed by atoms with Gasteiger partial charge >= 0.3 is 6.03 Å². The number of benzene rings is 1. The highest BCUT2D eigenvalue weighted by Crippen LogP contribution is 2.34. The van der Waals surface area contributed by atoms with Crippen molar-refractivity contribution in [3.8, 4) is 0 Å². The predicted octanol–water partition coefficient (Wildman–Crippen LogP) is 3.01. The Labute approximate surface area is 138 Å². The van der Waals surface area contributed by atoms with Crippen LogP contribution in [-0.4, -0.2) is 21.8 Å². The highest BCUT2D eigenvalue weighted by molar-refractivity contribution is 9.10. The molecule has 1 aliphatic rings. The molecule has 114 valence electrons. The summed E-state index contributed by atoms with van der Waals surface area (Å²) in [5, 5.41) is 4.46. The Morgan fingerprint density at radius 2 is 2.23 bits per heavy atom. The van der Waals surface area contributed by atoms with Gasteiger partial charge in [-0.15, -0.1) is 11.3 Å². The first-order chi connectivity index (χ1) is 10.4. The molecule has 3 rings (SSSR count). The highest BCUT2D eigenvalue weighted by atomic mass is 79.9. The van der Waals surface area contributed by atoms with Crippen LogP contribution in [0.3, 0.4) is 0 Å². The summed E-state index contributed by atoms with van der Waals surface area (Å²) in [6.45, 7) is 1.72. The van der Waals surface area contributed by atoms with Gasteiger partial charge in [0.25, 0.3) is 5.91 Å². The van der Waals surface area contributed by atoms with E-state index in [0.717, 1.165) is 4.90 Å². The van der Waals surface area contributed by atoms with Crippen LogP contribution in [0.5, 0.6) is 0 Å². The Morgan fingerprint density at radius 3 is 2.86 bits per heavy atom. The minimum absolute atomic E-state index is 0.114. The van der Waals surface area contributed by atoms with E-state index >= 15 is 0 Å². The van der Waals surface area contributed by atoms with Crippen molar-refractivity contribution in [2.75, 3.05) is 0 Å². The van der Waals surface area contributed by atoms with E-state index in [2.05, 4.69) is 26.2 Å². The summed E-state index contributed by atoms with van der Waals surface area (Å²) in [6, 6.07) is 3.53. The molecule has 8 heteroatoms. The SMILES string of the molecule is C[C@@]1(c2ccc(F)cc2Br)NC(=O)N(Cc2cscn2)C1=O. The van der Waals surface area contributed by atoms with Crippen LogP contribution >= 0.6 is 27.3 Å². The molecule has 5 nitrogen and oxygen atoms in total. The van der Waals surface area contributed by atoms with E-state index in [0.29, 0.717) is 15.7 Å². The van der Waals surface area contributed by atoms with Crippen LogP contribution in [0.25, 0.3) is 0 Å². The lowest BCUT2D eigenvalue weighted by atomic mass is 9.92. The molecule has 1 fully saturated rings. The first-order valence-corrected chi connectivity index (χ1v) is 8.12. The van der Waals surface area contributed by atoms with Gasteiger partial charge in [0.1, 0.15) is 11.4 Å². The van der Waals surface area contributed by atoms with Gasteiger partial charge in [-0.2, -0.15) is 0 Å². The standard InChI is InChI=1S/C14H11BrFN3O2S/c1-14(10-3-2-8(16)4-11(10)15)12(20)19(13(21)18-14)5-9-6-22-7-17-9/h2-4,6-7H,5H2,1H3,(H,18,21)/t14-/m0/s1. The molecule has 2 aromatic rings. The van der Waals surface area contributed by atoms with Crippen LogP contribution in [0, 0.1) is 5.82 Å². The molecule has 1 aliphatic heterocycles. The third-order valence-electron chi connectivity index (χ3n) is 3.55. The van der Waals surface area contributed by atoms with Gasteiger partial charge in [-0.3, -0.25) is 9.69 Å². The lowest BCUT2D eigenvalue weighted by Crippen LogP contribution is -2.41. The topological polar surface area (TPSA) is 62.3 Å². The smallest absolute Gasteiger partial charge is 0.319 e. The van der Waals surface area contributed by atoms with E-state index in [1.165, 1.54) is 29.5 Å². The molecule has 0 saturated carbocycles. The first-order valence-electron chi connectivity index (χ1n) is 6.38. The maximum atomic E-state index is 13.2. The maximum Gasteiger partial charge on any atom is 0.325 e. The minimum atomic E-state index is -1.24. The fourth-order valence-electron chi connectivity index (χ4n) is 2.40. The fourth-order valence-corrected chi connectivity index (χ4v) is 3.69. The van der Waals surface area contributed by atoms with Crippen molar-refractivity contribution in [1.82, 2.24) is 15.2 Å². The van der Waals surface area contributed by atoms with Crippen LogP contribution in [0.2, 0.25) is 0 Å². The molecule has 3 amide bonds. The third-order valence-corrected chi connectivity index (χ3v) is 4.84. The number of thiazole rings is 1. The number of aromatic nitrogens is 1. The first kappa shape index (κ1) is 15.1. The predicted molar refractivity (Wildman–Crippen MR) is 82.6 cm³/mol. The van der Waals surface area contributed by atoms with Crippen LogP contribution in [-0.2, 0) is 16.9 Å². The van der Waals surface area contributed by atoms with Crippen molar-refractivity contribution in [1.29, 1.82) is 0 Å². The average Bonchev–Trinajstić information content (AvgIpc) is 3.02. The number of amides is 3. The molecule has 0 spiro atoms. The summed E-state index contributed by atoms with van der Waals surface area (Å²) in [5.74, 6) is -0.812. The Hall–Kier alpha value is -1.80. The second-order valence-corrected chi connectivity index (χ2v) is 6.62. The van der Waals surface area contributed by atoms with E-state index in [1.54, 1.807) is 17.8 Å². The molecule has 2 heterocycles. The number of imide groups is 1. The summed E-state index contributed by atoms with van der Waals surface area (Å²) in [5.41, 5.74) is 1.56. The van der Waals surface area contributed by atoms with Crippen molar-refractivity contribution >= 4 is 39.2 Å². The van der Waals surface area contributed by atoms with Crippen molar-refractivity contribution in [3.63, 3.8) is 0 Å². The van der Waals surface area contributed by atoms with Crippen molar-refractivity contribution in [2.45, 2.75) is 19.0 Å². The zero-order chi connectivity index (χ0) is 15.9. The van der Waals surface area contributed by atoms with Gasteiger partial charge in [0, 0.05) is 15.4 Å². The number of rotatable bonds is 3. The maximum absolute atomic E-state index is 13.2. The van der Waals surface area contributed by atoms with Crippen molar-refractivity contribution in [2.24, 2.45) is 0 Å². The quantitative estimate of drug-likeness (QED) is 0.828. The van der Waals surface area contributed by atoms with Crippen molar-refractivity contribution in [3.05, 3.63) is 50.6 Å². The summed E-state index contributed by atoms with van der Waals surface area (Å²) in [6.07, 6.45) is 0. The molecule has 1 N–H and O–H groups in total. The molecule has 1 aromatic carbocycles. The van der Waals surface area contributed by atoms with Gasteiger partial charge in [-0.1, -0.05) is 22.0 Å². The number of halogens is 2. The average molecular weight is 384 g/mol. The highest BCUT2D eigenvalue weighted by Gasteiger charge is 2.49. The number of carbonyl (C=O) groups is 2. The van der Waals surface area contributed by atoms with Gasteiger partial charge in [0.2, 0.25) is 0 Å². The summed E-state index contributed by atoms with van der Waals surface area (Å²) in [7, 11) is 0. The van der Waals surface area contributed by atoms with E-state index < -0.39 is 23.3 Å². The molecule has 1 aromatic heterocycles. The summed E-state index contributed by atoms with van der Waals surface area (Å²) in [4.78, 5) is 30.1. The van der Waals surface area contributed by atoms with Gasteiger partial charge in [0.15, 0.2) is 0 Å². The molecule has 1 saturated heterocycles. The van der Waals surface area contributed by atoms with Gasteiger partial charge in [-0.05, 0) is 19.1 Å². The Morgan fingerprint density at radius 1 is 1.45 bits per heavy atom. The number of urea groups is 1. The molecular weight excluding hydrogens is 373 g/mol. The lowest BCUT2D eigenvalue weighted by molar-refractivity contribution is -0.131. The number of nitrogens with zero attached hydrogens (tertiary/aromatic N) is 2. The van der Waals surface area contributed by atoms with E-state index in [9.17, 15) is 14.0 Å². The van der Waals surface area contributed by atoms with Crippen LogP contribution in [0.15, 0.2) is 33.6 Å². The zero-order valence-electron chi connectivity index (χ0n) is 11.5. The third kappa shape index (κ3) is 2.42. The van der Waals surface area contributed by atoms with Crippen molar-refractivity contribution < 1.29 is 14.0 Å². The van der Waals surface area contributed by atoms with E-state index in [4.69, 9.17) is 0 Å². The Balaban J connectivity index is 1.95. The number of hydrogen-bond acceptors (Lipinski definition) is 4. The molecule has 0 bridgehead atoms. The van der Waals surface area contributed by atoms with Crippen LogP contribution in [0.4, 0.5) is 9.18 Å².